The van der Waals surface area contributed by atoms with Gasteiger partial charge in [0.05, 0.1) is 7.11 Å². The number of esters is 1. The van der Waals surface area contributed by atoms with E-state index in [0.29, 0.717) is 12.0 Å². The van der Waals surface area contributed by atoms with Crippen molar-refractivity contribution in [1.82, 2.24) is 9.80 Å². The number of halogens is 1. The summed E-state index contributed by atoms with van der Waals surface area (Å²) < 4.78 is 4.70. The maximum atomic E-state index is 11.3. The van der Waals surface area contributed by atoms with E-state index in [0.717, 1.165) is 19.6 Å². The summed E-state index contributed by atoms with van der Waals surface area (Å²) in [7, 11) is 5.64. The van der Waals surface area contributed by atoms with Crippen LogP contribution >= 0.6 is 15.9 Å². The Morgan fingerprint density at radius 1 is 1.56 bits per heavy atom. The van der Waals surface area contributed by atoms with Crippen LogP contribution in [-0.4, -0.2) is 67.5 Å². The van der Waals surface area contributed by atoms with Gasteiger partial charge in [0, 0.05) is 25.7 Å². The third-order valence-electron chi connectivity index (χ3n) is 3.19. The van der Waals surface area contributed by atoms with Gasteiger partial charge in [0.25, 0.3) is 0 Å². The molecular weight excluding hydrogens is 272 g/mol. The van der Waals surface area contributed by atoms with Crippen molar-refractivity contribution in [3.05, 3.63) is 0 Å². The summed E-state index contributed by atoms with van der Waals surface area (Å²) in [6, 6.07) is 0.581. The SMILES string of the molecule is COC(=O)C(Br)CN1CC(C)C(N(C)C)C1. The fraction of sp³-hybridized carbons (Fsp3) is 0.909. The summed E-state index contributed by atoms with van der Waals surface area (Å²) in [6.45, 7) is 5.04. The highest BCUT2D eigenvalue weighted by atomic mass is 79.9. The first-order valence-electron chi connectivity index (χ1n) is 5.56. The average Bonchev–Trinajstić information content (AvgIpc) is 2.58. The van der Waals surface area contributed by atoms with Crippen LogP contribution in [0.15, 0.2) is 0 Å². The number of hydrogen-bond donors (Lipinski definition) is 0. The number of alkyl halides is 1. The Bertz CT molecular complexity index is 248. The molecule has 1 aliphatic heterocycles. The van der Waals surface area contributed by atoms with E-state index >= 15 is 0 Å². The van der Waals surface area contributed by atoms with Crippen molar-refractivity contribution in [2.45, 2.75) is 17.8 Å². The van der Waals surface area contributed by atoms with E-state index in [1.54, 1.807) is 0 Å². The fourth-order valence-electron chi connectivity index (χ4n) is 2.30. The number of likely N-dealkylation sites (tertiary alicyclic amines) is 1. The van der Waals surface area contributed by atoms with Crippen molar-refractivity contribution in [3.8, 4) is 0 Å². The predicted molar refractivity (Wildman–Crippen MR) is 67.8 cm³/mol. The number of carbonyl (C=O) groups is 1. The number of methoxy groups -OCH3 is 1. The fourth-order valence-corrected chi connectivity index (χ4v) is 2.89. The van der Waals surface area contributed by atoms with Crippen LogP contribution in [-0.2, 0) is 9.53 Å². The zero-order valence-corrected chi connectivity index (χ0v) is 12.0. The molecule has 1 heterocycles. The zero-order valence-electron chi connectivity index (χ0n) is 10.4. The van der Waals surface area contributed by atoms with Crippen LogP contribution in [0.3, 0.4) is 0 Å². The first kappa shape index (κ1) is 13.9. The van der Waals surface area contributed by atoms with Crippen molar-refractivity contribution in [1.29, 1.82) is 0 Å². The van der Waals surface area contributed by atoms with Crippen LogP contribution in [0.5, 0.6) is 0 Å². The van der Waals surface area contributed by atoms with Gasteiger partial charge in [0.2, 0.25) is 0 Å². The highest BCUT2D eigenvalue weighted by Gasteiger charge is 2.32. The number of carbonyl (C=O) groups excluding carboxylic acids is 1. The molecule has 4 nitrogen and oxygen atoms in total. The molecule has 94 valence electrons. The Morgan fingerprint density at radius 3 is 2.62 bits per heavy atom. The largest absolute Gasteiger partial charge is 0.468 e. The van der Waals surface area contributed by atoms with Gasteiger partial charge in [0.15, 0.2) is 0 Å². The van der Waals surface area contributed by atoms with Gasteiger partial charge in [-0.15, -0.1) is 0 Å². The highest BCUT2D eigenvalue weighted by Crippen LogP contribution is 2.21. The van der Waals surface area contributed by atoms with Gasteiger partial charge in [-0.2, -0.15) is 0 Å². The molecule has 0 aromatic heterocycles. The summed E-state index contributed by atoms with van der Waals surface area (Å²) in [5.41, 5.74) is 0. The lowest BCUT2D eigenvalue weighted by Gasteiger charge is -2.23. The molecule has 1 aliphatic rings. The third kappa shape index (κ3) is 3.43. The second-order valence-corrected chi connectivity index (χ2v) is 5.82. The van der Waals surface area contributed by atoms with Gasteiger partial charge in [-0.25, -0.2) is 0 Å². The van der Waals surface area contributed by atoms with Gasteiger partial charge < -0.3 is 9.64 Å². The normalized spacial score (nSPS) is 28.4. The minimum absolute atomic E-state index is 0.194. The number of likely N-dealkylation sites (N-methyl/N-ethyl adjacent to an activating group) is 1. The van der Waals surface area contributed by atoms with Crippen molar-refractivity contribution >= 4 is 21.9 Å². The molecule has 3 unspecified atom stereocenters. The quantitative estimate of drug-likeness (QED) is 0.567. The maximum Gasteiger partial charge on any atom is 0.320 e. The van der Waals surface area contributed by atoms with E-state index < -0.39 is 0 Å². The molecule has 5 heteroatoms. The lowest BCUT2D eigenvalue weighted by Crippen LogP contribution is -2.36. The van der Waals surface area contributed by atoms with Gasteiger partial charge in [-0.3, -0.25) is 9.69 Å². The molecule has 1 fully saturated rings. The standard InChI is InChI=1S/C11H21BrN2O2/c1-8-5-14(7-10(8)13(2)3)6-9(12)11(15)16-4/h8-10H,5-7H2,1-4H3. The molecule has 0 aliphatic carbocycles. The first-order valence-corrected chi connectivity index (χ1v) is 6.48. The molecule has 0 N–H and O–H groups in total. The van der Waals surface area contributed by atoms with E-state index in [9.17, 15) is 4.79 Å². The lowest BCUT2D eigenvalue weighted by atomic mass is 10.1. The van der Waals surface area contributed by atoms with Gasteiger partial charge in [-0.05, 0) is 20.0 Å². The number of rotatable bonds is 4. The minimum atomic E-state index is -0.217. The molecule has 1 saturated heterocycles. The van der Waals surface area contributed by atoms with E-state index in [-0.39, 0.29) is 10.8 Å². The molecule has 0 aromatic carbocycles. The Morgan fingerprint density at radius 2 is 2.19 bits per heavy atom. The molecule has 0 saturated carbocycles. The Hall–Kier alpha value is -0.130. The van der Waals surface area contributed by atoms with Crippen molar-refractivity contribution in [2.75, 3.05) is 40.8 Å². The van der Waals surface area contributed by atoms with Crippen LogP contribution in [0.1, 0.15) is 6.92 Å². The average molecular weight is 293 g/mol. The molecule has 0 radical (unpaired) electrons. The van der Waals surface area contributed by atoms with E-state index in [1.807, 2.05) is 0 Å². The molecule has 0 spiro atoms. The Labute approximate surface area is 106 Å². The second kappa shape index (κ2) is 5.98. The summed E-state index contributed by atoms with van der Waals surface area (Å²) in [6.07, 6.45) is 0. The molecule has 0 amide bonds. The van der Waals surface area contributed by atoms with Crippen molar-refractivity contribution in [2.24, 2.45) is 5.92 Å². The lowest BCUT2D eigenvalue weighted by molar-refractivity contribution is -0.140. The van der Waals surface area contributed by atoms with Crippen LogP contribution < -0.4 is 0 Å². The Balaban J connectivity index is 2.44. The van der Waals surface area contributed by atoms with Crippen LogP contribution in [0, 0.1) is 5.92 Å². The summed E-state index contributed by atoms with van der Waals surface area (Å²) in [4.78, 5) is 15.6. The van der Waals surface area contributed by atoms with Crippen molar-refractivity contribution < 1.29 is 9.53 Å². The number of hydrogen-bond acceptors (Lipinski definition) is 4. The second-order valence-electron chi connectivity index (χ2n) is 4.72. The smallest absolute Gasteiger partial charge is 0.320 e. The van der Waals surface area contributed by atoms with Gasteiger partial charge in [-0.1, -0.05) is 22.9 Å². The van der Waals surface area contributed by atoms with Crippen LogP contribution in [0.2, 0.25) is 0 Å². The van der Waals surface area contributed by atoms with Gasteiger partial charge >= 0.3 is 5.97 Å². The van der Waals surface area contributed by atoms with E-state index in [1.165, 1.54) is 7.11 Å². The topological polar surface area (TPSA) is 32.8 Å². The summed E-state index contributed by atoms with van der Waals surface area (Å²) >= 11 is 3.36. The predicted octanol–water partition coefficient (Wildman–Crippen LogP) is 0.805. The first-order chi connectivity index (χ1) is 7.45. The van der Waals surface area contributed by atoms with Crippen molar-refractivity contribution in [3.63, 3.8) is 0 Å². The molecule has 0 bridgehead atoms. The van der Waals surface area contributed by atoms with E-state index in [2.05, 4.69) is 46.7 Å². The van der Waals surface area contributed by atoms with Crippen LogP contribution in [0.4, 0.5) is 0 Å². The summed E-state index contributed by atoms with van der Waals surface area (Å²) in [5, 5.41) is 0. The number of ether oxygens (including phenoxy) is 1. The monoisotopic (exact) mass is 292 g/mol. The highest BCUT2D eigenvalue weighted by molar-refractivity contribution is 9.10. The molecule has 1 rings (SSSR count). The zero-order chi connectivity index (χ0) is 12.3. The molecular formula is C11H21BrN2O2. The van der Waals surface area contributed by atoms with E-state index in [4.69, 9.17) is 4.74 Å². The van der Waals surface area contributed by atoms with Crippen LogP contribution in [0.25, 0.3) is 0 Å². The Kier molecular flexibility index (Phi) is 5.21. The third-order valence-corrected chi connectivity index (χ3v) is 3.85. The number of nitrogens with zero attached hydrogens (tertiary/aromatic N) is 2. The maximum absolute atomic E-state index is 11.3. The molecule has 3 atom stereocenters. The summed E-state index contributed by atoms with van der Waals surface area (Å²) in [5.74, 6) is 0.452. The van der Waals surface area contributed by atoms with Gasteiger partial charge in [0.1, 0.15) is 4.83 Å². The molecule has 16 heavy (non-hydrogen) atoms. The minimum Gasteiger partial charge on any atom is -0.468 e. The molecule has 0 aromatic rings.